The number of likely N-dealkylation sites (tertiary alicyclic amines) is 1. The summed E-state index contributed by atoms with van der Waals surface area (Å²) < 4.78 is 0. The number of carboxylic acids is 1. The Hall–Kier alpha value is -0.610. The highest BCUT2D eigenvalue weighted by atomic mass is 16.4. The minimum absolute atomic E-state index is 0.197. The third-order valence-electron chi connectivity index (χ3n) is 4.56. The second-order valence-corrected chi connectivity index (χ2v) is 5.39. The van der Waals surface area contributed by atoms with Gasteiger partial charge in [-0.05, 0) is 25.2 Å². The van der Waals surface area contributed by atoms with Crippen LogP contribution < -0.4 is 0 Å². The van der Waals surface area contributed by atoms with Crippen molar-refractivity contribution in [3.05, 3.63) is 0 Å². The zero-order valence-corrected chi connectivity index (χ0v) is 9.85. The number of nitrogens with zero attached hydrogens (tertiary/aromatic N) is 1. The molecule has 1 spiro atoms. The number of aliphatic hydroxyl groups is 1. The third-order valence-corrected chi connectivity index (χ3v) is 4.56. The molecule has 1 aliphatic carbocycles. The predicted octanol–water partition coefficient (Wildman–Crippen LogP) is 0.944. The standard InChI is InChI=1S/C12H21NO3/c1-9(11(15)16)13-6-10(7-14)12(8-13)4-2-3-5-12/h9-10,14H,2-8H2,1H3,(H,15,16)/t9-,10-/m0/s1. The van der Waals surface area contributed by atoms with Gasteiger partial charge in [0.15, 0.2) is 0 Å². The van der Waals surface area contributed by atoms with Crippen LogP contribution in [0.2, 0.25) is 0 Å². The van der Waals surface area contributed by atoms with Gasteiger partial charge in [-0.1, -0.05) is 12.8 Å². The SMILES string of the molecule is C[C@@H](C(=O)O)N1C[C@@H](CO)C2(CCCC2)C1. The Balaban J connectivity index is 2.09. The average molecular weight is 227 g/mol. The monoisotopic (exact) mass is 227 g/mol. The van der Waals surface area contributed by atoms with Crippen LogP contribution in [0.5, 0.6) is 0 Å². The summed E-state index contributed by atoms with van der Waals surface area (Å²) in [6.45, 7) is 3.53. The van der Waals surface area contributed by atoms with Crippen LogP contribution in [0.25, 0.3) is 0 Å². The van der Waals surface area contributed by atoms with Crippen molar-refractivity contribution in [2.24, 2.45) is 11.3 Å². The second kappa shape index (κ2) is 4.34. The summed E-state index contributed by atoms with van der Waals surface area (Å²) in [4.78, 5) is 13.0. The Labute approximate surface area is 96.3 Å². The highest BCUT2D eigenvalue weighted by Crippen LogP contribution is 2.49. The Morgan fingerprint density at radius 1 is 1.50 bits per heavy atom. The normalized spacial score (nSPS) is 31.0. The van der Waals surface area contributed by atoms with Gasteiger partial charge in [0.25, 0.3) is 0 Å². The smallest absolute Gasteiger partial charge is 0.320 e. The van der Waals surface area contributed by atoms with Gasteiger partial charge < -0.3 is 10.2 Å². The van der Waals surface area contributed by atoms with Gasteiger partial charge in [-0.2, -0.15) is 0 Å². The van der Waals surface area contributed by atoms with Crippen molar-refractivity contribution < 1.29 is 15.0 Å². The van der Waals surface area contributed by atoms with Gasteiger partial charge in [-0.3, -0.25) is 9.69 Å². The molecule has 1 saturated heterocycles. The van der Waals surface area contributed by atoms with Crippen LogP contribution in [0.15, 0.2) is 0 Å². The van der Waals surface area contributed by atoms with E-state index in [2.05, 4.69) is 0 Å². The molecule has 2 fully saturated rings. The first kappa shape index (κ1) is 11.9. The van der Waals surface area contributed by atoms with E-state index in [9.17, 15) is 9.90 Å². The summed E-state index contributed by atoms with van der Waals surface area (Å²) in [5.41, 5.74) is 0.207. The number of hydrogen-bond acceptors (Lipinski definition) is 3. The van der Waals surface area contributed by atoms with Gasteiger partial charge in [0.05, 0.1) is 0 Å². The molecule has 4 heteroatoms. The summed E-state index contributed by atoms with van der Waals surface area (Å²) in [5, 5.41) is 18.5. The van der Waals surface area contributed by atoms with Crippen LogP contribution in [-0.2, 0) is 4.79 Å². The number of carbonyl (C=O) groups is 1. The maximum Gasteiger partial charge on any atom is 0.320 e. The highest BCUT2D eigenvalue weighted by molar-refractivity contribution is 5.72. The highest BCUT2D eigenvalue weighted by Gasteiger charge is 2.49. The lowest BCUT2D eigenvalue weighted by Gasteiger charge is -2.29. The largest absolute Gasteiger partial charge is 0.480 e. The Kier molecular flexibility index (Phi) is 3.22. The van der Waals surface area contributed by atoms with Crippen LogP contribution in [0.4, 0.5) is 0 Å². The zero-order valence-electron chi connectivity index (χ0n) is 9.85. The lowest BCUT2D eigenvalue weighted by molar-refractivity contribution is -0.142. The number of rotatable bonds is 3. The third kappa shape index (κ3) is 1.84. The maximum absolute atomic E-state index is 11.0. The molecule has 0 aromatic rings. The molecule has 0 aromatic heterocycles. The molecule has 0 aromatic carbocycles. The van der Waals surface area contributed by atoms with Crippen LogP contribution in [0.3, 0.4) is 0 Å². The van der Waals surface area contributed by atoms with Crippen LogP contribution in [-0.4, -0.2) is 46.8 Å². The van der Waals surface area contributed by atoms with E-state index in [0.29, 0.717) is 0 Å². The lowest BCUT2D eigenvalue weighted by atomic mass is 9.77. The minimum Gasteiger partial charge on any atom is -0.480 e. The molecular formula is C12H21NO3. The zero-order chi connectivity index (χ0) is 11.8. The van der Waals surface area contributed by atoms with Crippen molar-refractivity contribution in [3.8, 4) is 0 Å². The van der Waals surface area contributed by atoms with E-state index in [1.54, 1.807) is 6.92 Å². The Morgan fingerprint density at radius 3 is 2.62 bits per heavy atom. The molecule has 4 nitrogen and oxygen atoms in total. The van der Waals surface area contributed by atoms with Gasteiger partial charge in [-0.25, -0.2) is 0 Å². The Bertz CT molecular complexity index is 273. The van der Waals surface area contributed by atoms with Crippen molar-refractivity contribution in [1.29, 1.82) is 0 Å². The number of carboxylic acid groups (broad SMARTS) is 1. The molecule has 1 saturated carbocycles. The predicted molar refractivity (Wildman–Crippen MR) is 60.1 cm³/mol. The summed E-state index contributed by atoms with van der Waals surface area (Å²) in [6.07, 6.45) is 4.76. The van der Waals surface area contributed by atoms with E-state index in [1.165, 1.54) is 12.8 Å². The van der Waals surface area contributed by atoms with Gasteiger partial charge in [-0.15, -0.1) is 0 Å². The van der Waals surface area contributed by atoms with E-state index in [1.807, 2.05) is 4.90 Å². The first-order chi connectivity index (χ1) is 7.59. The number of aliphatic carboxylic acids is 1. The van der Waals surface area contributed by atoms with Crippen molar-refractivity contribution in [3.63, 3.8) is 0 Å². The first-order valence-electron chi connectivity index (χ1n) is 6.17. The lowest BCUT2D eigenvalue weighted by Crippen LogP contribution is -2.38. The van der Waals surface area contributed by atoms with E-state index in [0.717, 1.165) is 25.9 Å². The molecule has 0 unspecified atom stereocenters. The molecule has 2 aliphatic rings. The molecule has 2 rings (SSSR count). The molecule has 1 heterocycles. The van der Waals surface area contributed by atoms with Crippen LogP contribution in [0, 0.1) is 11.3 Å². The molecule has 0 bridgehead atoms. The van der Waals surface area contributed by atoms with E-state index in [-0.39, 0.29) is 17.9 Å². The number of aliphatic hydroxyl groups excluding tert-OH is 1. The number of hydrogen-bond donors (Lipinski definition) is 2. The van der Waals surface area contributed by atoms with Gasteiger partial charge in [0.1, 0.15) is 6.04 Å². The first-order valence-corrected chi connectivity index (χ1v) is 6.17. The van der Waals surface area contributed by atoms with Crippen molar-refractivity contribution >= 4 is 5.97 Å². The van der Waals surface area contributed by atoms with Crippen LogP contribution in [0.1, 0.15) is 32.6 Å². The summed E-state index contributed by atoms with van der Waals surface area (Å²) in [7, 11) is 0. The topological polar surface area (TPSA) is 60.8 Å². The van der Waals surface area contributed by atoms with Gasteiger partial charge in [0.2, 0.25) is 0 Å². The molecule has 0 amide bonds. The van der Waals surface area contributed by atoms with Gasteiger partial charge >= 0.3 is 5.97 Å². The molecule has 1 aliphatic heterocycles. The average Bonchev–Trinajstić information content (AvgIpc) is 2.86. The van der Waals surface area contributed by atoms with Crippen molar-refractivity contribution in [2.45, 2.75) is 38.6 Å². The molecule has 2 atom stereocenters. The fourth-order valence-corrected chi connectivity index (χ4v) is 3.42. The maximum atomic E-state index is 11.0. The van der Waals surface area contributed by atoms with Crippen molar-refractivity contribution in [1.82, 2.24) is 4.90 Å². The van der Waals surface area contributed by atoms with E-state index >= 15 is 0 Å². The quantitative estimate of drug-likeness (QED) is 0.753. The summed E-state index contributed by atoms with van der Waals surface area (Å²) in [6, 6.07) is -0.422. The fourth-order valence-electron chi connectivity index (χ4n) is 3.42. The molecule has 16 heavy (non-hydrogen) atoms. The van der Waals surface area contributed by atoms with Crippen LogP contribution >= 0.6 is 0 Å². The van der Waals surface area contributed by atoms with Gasteiger partial charge in [0, 0.05) is 25.6 Å². The molecule has 2 N–H and O–H groups in total. The van der Waals surface area contributed by atoms with E-state index in [4.69, 9.17) is 5.11 Å². The summed E-state index contributed by atoms with van der Waals surface area (Å²) in [5.74, 6) is -0.483. The van der Waals surface area contributed by atoms with Crippen molar-refractivity contribution in [2.75, 3.05) is 19.7 Å². The second-order valence-electron chi connectivity index (χ2n) is 5.39. The minimum atomic E-state index is -0.758. The molecule has 0 radical (unpaired) electrons. The molecular weight excluding hydrogens is 206 g/mol. The summed E-state index contributed by atoms with van der Waals surface area (Å²) >= 11 is 0. The Morgan fingerprint density at radius 2 is 2.12 bits per heavy atom. The molecule has 92 valence electrons. The van der Waals surface area contributed by atoms with E-state index < -0.39 is 12.0 Å². The fraction of sp³-hybridized carbons (Fsp3) is 0.917.